The molecule has 0 unspecified atom stereocenters. The van der Waals surface area contributed by atoms with Crippen LogP contribution in [-0.2, 0) is 13.1 Å². The van der Waals surface area contributed by atoms with Crippen molar-refractivity contribution in [1.29, 1.82) is 0 Å². The van der Waals surface area contributed by atoms with Gasteiger partial charge >= 0.3 is 0 Å². The van der Waals surface area contributed by atoms with Crippen molar-refractivity contribution in [3.05, 3.63) is 83.6 Å². The van der Waals surface area contributed by atoms with E-state index in [9.17, 15) is 4.79 Å². The molecule has 3 aromatic rings. The third kappa shape index (κ3) is 5.52. The molecule has 0 spiro atoms. The fraction of sp³-hybridized carbons (Fsp3) is 0.360. The minimum absolute atomic E-state index is 0.0646. The van der Waals surface area contributed by atoms with Crippen molar-refractivity contribution in [2.24, 2.45) is 0 Å². The summed E-state index contributed by atoms with van der Waals surface area (Å²) < 4.78 is 11.7. The van der Waals surface area contributed by atoms with Crippen molar-refractivity contribution in [2.45, 2.75) is 39.0 Å². The molecule has 6 nitrogen and oxygen atoms in total. The molecule has 1 aliphatic rings. The normalized spacial score (nSPS) is 15.0. The predicted octanol–water partition coefficient (Wildman–Crippen LogP) is 4.30. The molecule has 1 amide bonds. The lowest BCUT2D eigenvalue weighted by atomic mass is 10.1. The highest BCUT2D eigenvalue weighted by Gasteiger charge is 2.24. The van der Waals surface area contributed by atoms with E-state index in [0.717, 1.165) is 43.8 Å². The molecule has 1 aromatic carbocycles. The van der Waals surface area contributed by atoms with Crippen molar-refractivity contribution in [1.82, 2.24) is 14.8 Å². The zero-order chi connectivity index (χ0) is 21.6. The number of hydrogen-bond acceptors (Lipinski definition) is 5. The van der Waals surface area contributed by atoms with Crippen LogP contribution >= 0.6 is 0 Å². The number of rotatable bonds is 7. The van der Waals surface area contributed by atoms with Gasteiger partial charge in [-0.1, -0.05) is 11.6 Å². The molecule has 0 bridgehead atoms. The number of carbonyl (C=O) groups excluding carboxylic acids is 1. The summed E-state index contributed by atoms with van der Waals surface area (Å²) in [6, 6.07) is 13.7. The van der Waals surface area contributed by atoms with Gasteiger partial charge in [-0.15, -0.1) is 0 Å². The van der Waals surface area contributed by atoms with E-state index < -0.39 is 0 Å². The predicted molar refractivity (Wildman–Crippen MR) is 119 cm³/mol. The van der Waals surface area contributed by atoms with Gasteiger partial charge in [-0.2, -0.15) is 0 Å². The molecule has 0 aliphatic carbocycles. The number of likely N-dealkylation sites (tertiary alicyclic amines) is 1. The molecule has 4 rings (SSSR count). The molecule has 0 radical (unpaired) electrons. The van der Waals surface area contributed by atoms with E-state index in [1.807, 2.05) is 49.6 Å². The molecule has 31 heavy (non-hydrogen) atoms. The lowest BCUT2D eigenvalue weighted by Crippen LogP contribution is -2.38. The number of benzene rings is 1. The molecule has 0 N–H and O–H groups in total. The molecule has 6 heteroatoms. The van der Waals surface area contributed by atoms with Crippen LogP contribution in [0.2, 0.25) is 0 Å². The zero-order valence-electron chi connectivity index (χ0n) is 18.2. The molecular weight excluding hydrogens is 390 g/mol. The number of aromatic nitrogens is 1. The Balaban J connectivity index is 1.38. The van der Waals surface area contributed by atoms with Gasteiger partial charge in [0.05, 0.1) is 18.4 Å². The van der Waals surface area contributed by atoms with Crippen molar-refractivity contribution in [3.63, 3.8) is 0 Å². The second kappa shape index (κ2) is 9.79. The van der Waals surface area contributed by atoms with Crippen LogP contribution in [0, 0.1) is 6.92 Å². The number of amides is 1. The Hall–Kier alpha value is -3.12. The molecule has 0 saturated carbocycles. The van der Waals surface area contributed by atoms with Crippen LogP contribution < -0.4 is 4.74 Å². The largest absolute Gasteiger partial charge is 0.489 e. The molecule has 2 aromatic heterocycles. The van der Waals surface area contributed by atoms with Crippen LogP contribution in [0.3, 0.4) is 0 Å². The Kier molecular flexibility index (Phi) is 6.67. The van der Waals surface area contributed by atoms with Crippen LogP contribution in [0.1, 0.15) is 40.1 Å². The van der Waals surface area contributed by atoms with Crippen LogP contribution in [0.5, 0.6) is 5.75 Å². The van der Waals surface area contributed by atoms with Gasteiger partial charge < -0.3 is 14.1 Å². The van der Waals surface area contributed by atoms with Gasteiger partial charge in [0.25, 0.3) is 5.91 Å². The number of nitrogens with zero attached hydrogens (tertiary/aromatic N) is 3. The molecule has 1 fully saturated rings. The van der Waals surface area contributed by atoms with Crippen LogP contribution in [0.25, 0.3) is 0 Å². The third-order valence-corrected chi connectivity index (χ3v) is 5.67. The van der Waals surface area contributed by atoms with E-state index in [1.165, 1.54) is 5.56 Å². The lowest BCUT2D eigenvalue weighted by Gasteiger charge is -2.32. The highest BCUT2D eigenvalue weighted by atomic mass is 16.5. The standard InChI is InChI=1S/C25H29N3O3/c1-19-5-6-24(23(16-19)25(29)27(2)18-22-4-3-15-30-22)31-21-9-13-28(14-10-21)17-20-7-11-26-12-8-20/h3-8,11-12,15-16,21H,9-10,13-14,17-18H2,1-2H3. The maximum absolute atomic E-state index is 13.1. The van der Waals surface area contributed by atoms with Gasteiger partial charge in [0.15, 0.2) is 0 Å². The van der Waals surface area contributed by atoms with Gasteiger partial charge in [-0.3, -0.25) is 14.7 Å². The Labute approximate surface area is 183 Å². The molecular formula is C25H29N3O3. The first-order valence-corrected chi connectivity index (χ1v) is 10.7. The van der Waals surface area contributed by atoms with E-state index >= 15 is 0 Å². The van der Waals surface area contributed by atoms with E-state index in [4.69, 9.17) is 9.15 Å². The van der Waals surface area contributed by atoms with Crippen molar-refractivity contribution >= 4 is 5.91 Å². The van der Waals surface area contributed by atoms with Crippen LogP contribution in [-0.4, -0.2) is 46.9 Å². The highest BCUT2D eigenvalue weighted by Crippen LogP contribution is 2.26. The van der Waals surface area contributed by atoms with Gasteiger partial charge in [-0.05, 0) is 61.7 Å². The average Bonchev–Trinajstić information content (AvgIpc) is 3.29. The first-order chi connectivity index (χ1) is 15.1. The fourth-order valence-electron chi connectivity index (χ4n) is 3.94. The second-order valence-corrected chi connectivity index (χ2v) is 8.19. The summed E-state index contributed by atoms with van der Waals surface area (Å²) in [6.07, 6.45) is 7.28. The van der Waals surface area contributed by atoms with E-state index in [1.54, 1.807) is 18.2 Å². The van der Waals surface area contributed by atoms with Gasteiger partial charge in [0.1, 0.15) is 17.6 Å². The van der Waals surface area contributed by atoms with E-state index in [2.05, 4.69) is 22.0 Å². The number of carbonyl (C=O) groups is 1. The molecule has 162 valence electrons. The van der Waals surface area contributed by atoms with Crippen LogP contribution in [0.4, 0.5) is 0 Å². The van der Waals surface area contributed by atoms with E-state index in [0.29, 0.717) is 17.9 Å². The van der Waals surface area contributed by atoms with Crippen molar-refractivity contribution < 1.29 is 13.9 Å². The summed E-state index contributed by atoms with van der Waals surface area (Å²) in [7, 11) is 1.79. The van der Waals surface area contributed by atoms with Gasteiger partial charge in [0.2, 0.25) is 0 Å². The van der Waals surface area contributed by atoms with Gasteiger partial charge in [-0.25, -0.2) is 0 Å². The van der Waals surface area contributed by atoms with E-state index in [-0.39, 0.29) is 12.0 Å². The Morgan fingerprint density at radius 3 is 2.68 bits per heavy atom. The SMILES string of the molecule is Cc1ccc(OC2CCN(Cc3ccncc3)CC2)c(C(=O)N(C)Cc2ccco2)c1. The number of ether oxygens (including phenoxy) is 1. The molecule has 3 heterocycles. The third-order valence-electron chi connectivity index (χ3n) is 5.67. The Morgan fingerprint density at radius 2 is 1.97 bits per heavy atom. The molecule has 1 saturated heterocycles. The maximum atomic E-state index is 13.1. The first kappa shape index (κ1) is 21.1. The summed E-state index contributed by atoms with van der Waals surface area (Å²) >= 11 is 0. The minimum Gasteiger partial charge on any atom is -0.489 e. The number of aryl methyl sites for hydroxylation is 1. The maximum Gasteiger partial charge on any atom is 0.257 e. The fourth-order valence-corrected chi connectivity index (χ4v) is 3.94. The van der Waals surface area contributed by atoms with Crippen molar-refractivity contribution in [2.75, 3.05) is 20.1 Å². The van der Waals surface area contributed by atoms with Gasteiger partial charge in [0, 0.05) is 39.1 Å². The number of hydrogen-bond donors (Lipinski definition) is 0. The lowest BCUT2D eigenvalue weighted by molar-refractivity contribution is 0.0749. The molecule has 1 aliphatic heterocycles. The number of furan rings is 1. The zero-order valence-corrected chi connectivity index (χ0v) is 18.2. The quantitative estimate of drug-likeness (QED) is 0.572. The number of piperidine rings is 1. The summed E-state index contributed by atoms with van der Waals surface area (Å²) in [5, 5.41) is 0. The highest BCUT2D eigenvalue weighted by molar-refractivity contribution is 5.97. The topological polar surface area (TPSA) is 58.8 Å². The minimum atomic E-state index is -0.0646. The summed E-state index contributed by atoms with van der Waals surface area (Å²) in [5.41, 5.74) is 2.92. The first-order valence-electron chi connectivity index (χ1n) is 10.7. The summed E-state index contributed by atoms with van der Waals surface area (Å²) in [5.74, 6) is 1.35. The Morgan fingerprint density at radius 1 is 1.19 bits per heavy atom. The summed E-state index contributed by atoms with van der Waals surface area (Å²) in [4.78, 5) is 21.3. The smallest absolute Gasteiger partial charge is 0.257 e. The Bertz CT molecular complexity index is 981. The second-order valence-electron chi connectivity index (χ2n) is 8.19. The van der Waals surface area contributed by atoms with Crippen molar-refractivity contribution in [3.8, 4) is 5.75 Å². The van der Waals surface area contributed by atoms with Crippen LogP contribution in [0.15, 0.2) is 65.5 Å². The monoisotopic (exact) mass is 419 g/mol. The average molecular weight is 420 g/mol. The molecule has 0 atom stereocenters. The summed E-state index contributed by atoms with van der Waals surface area (Å²) in [6.45, 7) is 5.29. The number of pyridine rings is 1.